The average molecular weight is 404 g/mol. The quantitative estimate of drug-likeness (QED) is 0.583. The van der Waals surface area contributed by atoms with E-state index in [9.17, 15) is 4.39 Å². The topological polar surface area (TPSA) is 85.1 Å². The Morgan fingerprint density at radius 1 is 1.08 bits per heavy atom. The Hall–Kier alpha value is -2.87. The molecule has 0 saturated heterocycles. The van der Waals surface area contributed by atoms with E-state index >= 15 is 0 Å². The molecule has 2 aromatic carbocycles. The van der Waals surface area contributed by atoms with Gasteiger partial charge in [0.05, 0.1) is 12.8 Å². The molecule has 0 spiro atoms. The third kappa shape index (κ3) is 3.97. The number of hydrogen-bond donors (Lipinski definition) is 3. The fourth-order valence-electron chi connectivity index (χ4n) is 2.15. The minimum absolute atomic E-state index is 0.265. The summed E-state index contributed by atoms with van der Waals surface area (Å²) in [6.45, 7) is 0. The second-order valence-electron chi connectivity index (χ2n) is 5.09. The molecule has 3 aromatic rings. The lowest BCUT2D eigenvalue weighted by molar-refractivity contribution is 0.415. The maximum absolute atomic E-state index is 14.0. The van der Waals surface area contributed by atoms with Crippen molar-refractivity contribution in [2.45, 2.75) is 0 Å². The zero-order valence-corrected chi connectivity index (χ0v) is 14.8. The van der Waals surface area contributed by atoms with Crippen LogP contribution in [0.15, 0.2) is 53.3 Å². The molecule has 0 amide bonds. The Labute approximate surface area is 152 Å². The van der Waals surface area contributed by atoms with Crippen molar-refractivity contribution in [2.24, 2.45) is 0 Å². The van der Waals surface area contributed by atoms with Gasteiger partial charge in [0, 0.05) is 16.2 Å². The molecule has 0 aliphatic carbocycles. The Kier molecular flexibility index (Phi) is 4.99. The summed E-state index contributed by atoms with van der Waals surface area (Å²) in [4.78, 5) is 8.22. The maximum atomic E-state index is 14.0. The van der Waals surface area contributed by atoms with Crippen LogP contribution in [0.3, 0.4) is 0 Å². The van der Waals surface area contributed by atoms with Gasteiger partial charge >= 0.3 is 0 Å². The Morgan fingerprint density at radius 3 is 2.56 bits per heavy atom. The van der Waals surface area contributed by atoms with E-state index in [1.807, 2.05) is 24.3 Å². The third-order valence-electron chi connectivity index (χ3n) is 3.40. The highest BCUT2D eigenvalue weighted by Gasteiger charge is 2.11. The van der Waals surface area contributed by atoms with Crippen molar-refractivity contribution in [3.05, 3.63) is 59.1 Å². The highest BCUT2D eigenvalue weighted by Crippen LogP contribution is 2.30. The number of nitrogens with zero attached hydrogens (tertiary/aromatic N) is 2. The molecule has 128 valence electrons. The third-order valence-corrected chi connectivity index (χ3v) is 3.89. The van der Waals surface area contributed by atoms with Crippen molar-refractivity contribution in [1.82, 2.24) is 9.97 Å². The molecule has 8 heteroatoms. The highest BCUT2D eigenvalue weighted by atomic mass is 79.9. The van der Waals surface area contributed by atoms with Crippen LogP contribution in [0, 0.1) is 5.82 Å². The highest BCUT2D eigenvalue weighted by molar-refractivity contribution is 9.10. The number of ether oxygens (including phenoxy) is 1. The van der Waals surface area contributed by atoms with E-state index in [0.29, 0.717) is 21.9 Å². The molecule has 0 bridgehead atoms. The van der Waals surface area contributed by atoms with Crippen LogP contribution in [0.2, 0.25) is 0 Å². The first-order valence-electron chi connectivity index (χ1n) is 7.30. The summed E-state index contributed by atoms with van der Waals surface area (Å²) >= 11 is 3.22. The molecular weight excluding hydrogens is 389 g/mol. The van der Waals surface area contributed by atoms with E-state index in [1.165, 1.54) is 12.4 Å². The number of nitrogen functional groups attached to an aromatic ring is 1. The van der Waals surface area contributed by atoms with Crippen LogP contribution in [0.25, 0.3) is 0 Å². The van der Waals surface area contributed by atoms with Crippen LogP contribution in [0.1, 0.15) is 0 Å². The van der Waals surface area contributed by atoms with Gasteiger partial charge in [-0.1, -0.05) is 22.0 Å². The second-order valence-corrected chi connectivity index (χ2v) is 6.01. The van der Waals surface area contributed by atoms with E-state index in [1.54, 1.807) is 19.2 Å². The summed E-state index contributed by atoms with van der Waals surface area (Å²) in [6, 6.07) is 12.0. The van der Waals surface area contributed by atoms with Crippen molar-refractivity contribution in [2.75, 3.05) is 23.5 Å². The minimum atomic E-state index is -0.422. The largest absolute Gasteiger partial charge is 0.497 e. The van der Waals surface area contributed by atoms with Crippen molar-refractivity contribution >= 4 is 44.6 Å². The molecule has 0 radical (unpaired) electrons. The summed E-state index contributed by atoms with van der Waals surface area (Å²) in [5.74, 6) is 0.993. The van der Waals surface area contributed by atoms with E-state index in [-0.39, 0.29) is 11.4 Å². The zero-order chi connectivity index (χ0) is 17.8. The summed E-state index contributed by atoms with van der Waals surface area (Å²) in [7, 11) is 1.59. The van der Waals surface area contributed by atoms with Crippen LogP contribution >= 0.6 is 15.9 Å². The van der Waals surface area contributed by atoms with E-state index in [2.05, 4.69) is 36.5 Å². The number of benzene rings is 2. The molecule has 0 unspecified atom stereocenters. The molecule has 0 fully saturated rings. The van der Waals surface area contributed by atoms with Crippen molar-refractivity contribution in [3.63, 3.8) is 0 Å². The molecule has 4 N–H and O–H groups in total. The van der Waals surface area contributed by atoms with Gasteiger partial charge in [0.15, 0.2) is 11.6 Å². The maximum Gasteiger partial charge on any atom is 0.159 e. The molecule has 0 aliphatic rings. The molecule has 1 heterocycles. The number of nitrogens with two attached hydrogens (primary N) is 1. The normalized spacial score (nSPS) is 10.4. The number of hydrogen-bond acceptors (Lipinski definition) is 6. The van der Waals surface area contributed by atoms with Gasteiger partial charge in [0.2, 0.25) is 0 Å². The number of aromatic nitrogens is 2. The van der Waals surface area contributed by atoms with Crippen LogP contribution in [0.5, 0.6) is 5.75 Å². The van der Waals surface area contributed by atoms with Crippen LogP contribution < -0.4 is 21.1 Å². The second kappa shape index (κ2) is 7.35. The SMILES string of the molecule is COc1cccc(Nc2ncnc(Nc3ccc(Br)cc3F)c2N)c1. The van der Waals surface area contributed by atoms with Gasteiger partial charge in [0.25, 0.3) is 0 Å². The lowest BCUT2D eigenvalue weighted by Gasteiger charge is -2.13. The predicted molar refractivity (Wildman–Crippen MR) is 100 cm³/mol. The van der Waals surface area contributed by atoms with E-state index < -0.39 is 5.82 Å². The Bertz CT molecular complexity index is 906. The van der Waals surface area contributed by atoms with Gasteiger partial charge in [-0.3, -0.25) is 0 Å². The fraction of sp³-hybridized carbons (Fsp3) is 0.0588. The summed E-state index contributed by atoms with van der Waals surface area (Å²) in [6.07, 6.45) is 1.35. The van der Waals surface area contributed by atoms with Gasteiger partial charge in [-0.25, -0.2) is 14.4 Å². The number of halogens is 2. The van der Waals surface area contributed by atoms with Crippen LogP contribution in [0.4, 0.5) is 33.1 Å². The molecule has 1 aromatic heterocycles. The molecule has 25 heavy (non-hydrogen) atoms. The number of nitrogens with one attached hydrogen (secondary N) is 2. The summed E-state index contributed by atoms with van der Waals surface area (Å²) in [5.41, 5.74) is 7.41. The Morgan fingerprint density at radius 2 is 1.84 bits per heavy atom. The first kappa shape index (κ1) is 17.0. The van der Waals surface area contributed by atoms with E-state index in [4.69, 9.17) is 10.5 Å². The van der Waals surface area contributed by atoms with Crippen molar-refractivity contribution in [1.29, 1.82) is 0 Å². The lowest BCUT2D eigenvalue weighted by Crippen LogP contribution is -2.06. The molecule has 6 nitrogen and oxygen atoms in total. The van der Waals surface area contributed by atoms with Gasteiger partial charge in [0.1, 0.15) is 23.6 Å². The number of rotatable bonds is 5. The van der Waals surface area contributed by atoms with Gasteiger partial charge < -0.3 is 21.1 Å². The zero-order valence-electron chi connectivity index (χ0n) is 13.3. The minimum Gasteiger partial charge on any atom is -0.497 e. The lowest BCUT2D eigenvalue weighted by atomic mass is 10.3. The number of anilines is 5. The smallest absolute Gasteiger partial charge is 0.159 e. The van der Waals surface area contributed by atoms with Crippen molar-refractivity contribution in [3.8, 4) is 5.75 Å². The van der Waals surface area contributed by atoms with Gasteiger partial charge in [-0.05, 0) is 30.3 Å². The average Bonchev–Trinajstić information content (AvgIpc) is 2.61. The van der Waals surface area contributed by atoms with Gasteiger partial charge in [-0.15, -0.1) is 0 Å². The van der Waals surface area contributed by atoms with Gasteiger partial charge in [-0.2, -0.15) is 0 Å². The Balaban J connectivity index is 1.86. The molecule has 0 atom stereocenters. The first-order chi connectivity index (χ1) is 12.1. The van der Waals surface area contributed by atoms with Crippen LogP contribution in [-0.2, 0) is 0 Å². The fourth-order valence-corrected chi connectivity index (χ4v) is 2.48. The summed E-state index contributed by atoms with van der Waals surface area (Å²) < 4.78 is 19.8. The molecule has 0 aliphatic heterocycles. The summed E-state index contributed by atoms with van der Waals surface area (Å²) in [5, 5.41) is 5.98. The number of methoxy groups -OCH3 is 1. The molecule has 3 rings (SSSR count). The monoisotopic (exact) mass is 403 g/mol. The standard InChI is InChI=1S/C17H15BrFN5O/c1-25-12-4-2-3-11(8-12)23-16-15(20)17(22-9-21-16)24-14-6-5-10(18)7-13(14)19/h2-9H,20H2,1H3,(H2,21,22,23,24). The predicted octanol–water partition coefficient (Wildman–Crippen LogP) is 4.46. The van der Waals surface area contributed by atoms with E-state index in [0.717, 1.165) is 5.69 Å². The molecular formula is C17H15BrFN5O. The first-order valence-corrected chi connectivity index (χ1v) is 8.10. The van der Waals surface area contributed by atoms with Crippen molar-refractivity contribution < 1.29 is 9.13 Å². The molecule has 0 saturated carbocycles. The van der Waals surface area contributed by atoms with Crippen LogP contribution in [-0.4, -0.2) is 17.1 Å².